The van der Waals surface area contributed by atoms with Crippen LogP contribution in [0.4, 0.5) is 11.4 Å². The maximum atomic E-state index is 15.1. The Morgan fingerprint density at radius 2 is 1.69 bits per heavy atom. The van der Waals surface area contributed by atoms with Gasteiger partial charge in [-0.05, 0) is 78.9 Å². The third-order valence-corrected chi connectivity index (χ3v) is 10.9. The van der Waals surface area contributed by atoms with Gasteiger partial charge in [-0.2, -0.15) is 0 Å². The standard InChI is InChI=1S/C44H55N3O8/c1-4-9-40(55-31(2)49)43-42(38-29-37(54-25-8-24-48)20-21-39(38)47(43)41(50)28-32-10-6-5-7-11-32)46(44(51)34-14-18-36(52-3)19-15-34)30-33-12-16-35(17-13-33)45-22-26-53-27-23-45/h4,12-21,29,32,40,42-43,48H,1,5-11,22-28,30H2,2-3H3/t40?,42-,43+/m0/s1. The van der Waals surface area contributed by atoms with E-state index in [-0.39, 0.29) is 37.3 Å². The van der Waals surface area contributed by atoms with Crippen molar-refractivity contribution in [3.63, 3.8) is 0 Å². The molecule has 294 valence electrons. The van der Waals surface area contributed by atoms with Crippen LogP contribution in [-0.4, -0.2) is 86.6 Å². The highest BCUT2D eigenvalue weighted by Crippen LogP contribution is 2.48. The second kappa shape index (κ2) is 19.1. The first-order chi connectivity index (χ1) is 26.8. The van der Waals surface area contributed by atoms with Gasteiger partial charge < -0.3 is 38.8 Å². The number of methoxy groups -OCH3 is 1. The second-order valence-electron chi connectivity index (χ2n) is 14.7. The molecule has 2 fully saturated rings. The van der Waals surface area contributed by atoms with E-state index in [1.807, 2.05) is 30.3 Å². The molecule has 2 heterocycles. The van der Waals surface area contributed by atoms with Crippen LogP contribution in [0.3, 0.4) is 0 Å². The first-order valence-corrected chi connectivity index (χ1v) is 19.7. The van der Waals surface area contributed by atoms with E-state index in [1.54, 1.807) is 47.3 Å². The van der Waals surface area contributed by atoms with Gasteiger partial charge in [0.05, 0.1) is 39.0 Å². The number of hydrogen-bond donors (Lipinski definition) is 1. The lowest BCUT2D eigenvalue weighted by molar-refractivity contribution is -0.148. The lowest BCUT2D eigenvalue weighted by Gasteiger charge is -2.40. The van der Waals surface area contributed by atoms with E-state index in [9.17, 15) is 14.7 Å². The molecule has 0 bridgehead atoms. The van der Waals surface area contributed by atoms with Gasteiger partial charge in [-0.1, -0.05) is 37.5 Å². The van der Waals surface area contributed by atoms with Crippen LogP contribution < -0.4 is 19.3 Å². The molecule has 3 aromatic carbocycles. The zero-order valence-electron chi connectivity index (χ0n) is 32.2. The number of nitrogens with zero attached hydrogens (tertiary/aromatic N) is 3. The van der Waals surface area contributed by atoms with Crippen LogP contribution in [0.5, 0.6) is 11.5 Å². The van der Waals surface area contributed by atoms with Crippen molar-refractivity contribution in [1.82, 2.24) is 4.90 Å². The largest absolute Gasteiger partial charge is 0.497 e. The molecular formula is C44H55N3O8. The molecule has 1 aliphatic carbocycles. The van der Waals surface area contributed by atoms with Crippen molar-refractivity contribution in [3.8, 4) is 11.5 Å². The molecule has 2 amide bonds. The van der Waals surface area contributed by atoms with Crippen molar-refractivity contribution < 1.29 is 38.4 Å². The molecule has 55 heavy (non-hydrogen) atoms. The van der Waals surface area contributed by atoms with Crippen LogP contribution in [0.1, 0.15) is 85.8 Å². The quantitative estimate of drug-likeness (QED) is 0.0951. The molecule has 1 saturated carbocycles. The number of hydrogen-bond acceptors (Lipinski definition) is 9. The molecule has 1 N–H and O–H groups in total. The number of rotatable bonds is 16. The highest BCUT2D eigenvalue weighted by Gasteiger charge is 2.50. The number of aliphatic hydroxyl groups excluding tert-OH is 1. The minimum atomic E-state index is -0.809. The van der Waals surface area contributed by atoms with Gasteiger partial charge in [0.2, 0.25) is 5.91 Å². The van der Waals surface area contributed by atoms with E-state index in [0.29, 0.717) is 55.4 Å². The highest BCUT2D eigenvalue weighted by atomic mass is 16.5. The Kier molecular flexibility index (Phi) is 13.8. The van der Waals surface area contributed by atoms with E-state index in [2.05, 4.69) is 23.6 Å². The lowest BCUT2D eigenvalue weighted by Crippen LogP contribution is -2.53. The van der Waals surface area contributed by atoms with Gasteiger partial charge in [-0.3, -0.25) is 14.4 Å². The summed E-state index contributed by atoms with van der Waals surface area (Å²) in [5.74, 6) is 0.616. The van der Waals surface area contributed by atoms with Gasteiger partial charge in [-0.25, -0.2) is 0 Å². The van der Waals surface area contributed by atoms with Gasteiger partial charge in [0, 0.05) is 74.9 Å². The average Bonchev–Trinajstić information content (AvgIpc) is 3.55. The lowest BCUT2D eigenvalue weighted by atomic mass is 9.86. The van der Waals surface area contributed by atoms with Crippen molar-refractivity contribution in [2.45, 2.75) is 83.0 Å². The number of benzene rings is 3. The Bertz CT molecular complexity index is 1750. The first kappa shape index (κ1) is 39.8. The van der Waals surface area contributed by atoms with Crippen molar-refractivity contribution >= 4 is 29.2 Å². The number of esters is 1. The maximum absolute atomic E-state index is 15.1. The summed E-state index contributed by atoms with van der Waals surface area (Å²) < 4.78 is 23.1. The summed E-state index contributed by atoms with van der Waals surface area (Å²) >= 11 is 0. The first-order valence-electron chi connectivity index (χ1n) is 19.7. The van der Waals surface area contributed by atoms with Gasteiger partial charge in [0.25, 0.3) is 5.91 Å². The summed E-state index contributed by atoms with van der Waals surface area (Å²) in [6, 6.07) is 19.3. The van der Waals surface area contributed by atoms with Gasteiger partial charge in [0.15, 0.2) is 0 Å². The number of carbonyl (C=O) groups excluding carboxylic acids is 3. The fraction of sp³-hybridized carbons (Fsp3) is 0.477. The minimum Gasteiger partial charge on any atom is -0.497 e. The molecule has 0 radical (unpaired) electrons. The molecule has 3 aromatic rings. The van der Waals surface area contributed by atoms with E-state index < -0.39 is 24.2 Å². The van der Waals surface area contributed by atoms with Gasteiger partial charge >= 0.3 is 5.97 Å². The average molecular weight is 754 g/mol. The van der Waals surface area contributed by atoms with Crippen molar-refractivity contribution in [2.24, 2.45) is 5.92 Å². The zero-order chi connectivity index (χ0) is 38.7. The molecule has 0 aromatic heterocycles. The predicted molar refractivity (Wildman–Crippen MR) is 212 cm³/mol. The van der Waals surface area contributed by atoms with Crippen LogP contribution in [0, 0.1) is 5.92 Å². The van der Waals surface area contributed by atoms with E-state index in [1.165, 1.54) is 13.3 Å². The molecule has 1 unspecified atom stereocenters. The Labute approximate surface area is 324 Å². The SMILES string of the molecule is C=CCC(OC(C)=O)[C@@H]1[C@@H](N(Cc2ccc(N3CCOCC3)cc2)C(=O)c2ccc(OC)cc2)c2cc(OCCCO)ccc2N1C(=O)CC1CCCCC1. The molecular weight excluding hydrogens is 698 g/mol. The minimum absolute atomic E-state index is 0.0147. The normalized spacial score (nSPS) is 19.0. The number of ether oxygens (including phenoxy) is 4. The van der Waals surface area contributed by atoms with Gasteiger partial charge in [0.1, 0.15) is 17.6 Å². The number of morpholine rings is 1. The van der Waals surface area contributed by atoms with Crippen molar-refractivity contribution in [3.05, 3.63) is 96.1 Å². The molecule has 11 nitrogen and oxygen atoms in total. The summed E-state index contributed by atoms with van der Waals surface area (Å²) in [4.78, 5) is 48.5. The molecule has 3 atom stereocenters. The fourth-order valence-corrected chi connectivity index (χ4v) is 8.24. The molecule has 2 aliphatic heterocycles. The number of fused-ring (bicyclic) bond motifs is 1. The molecule has 0 spiro atoms. The van der Waals surface area contributed by atoms with E-state index in [0.717, 1.165) is 55.6 Å². The summed E-state index contributed by atoms with van der Waals surface area (Å²) in [5, 5.41) is 9.46. The Morgan fingerprint density at radius 3 is 2.35 bits per heavy atom. The summed E-state index contributed by atoms with van der Waals surface area (Å²) in [6.45, 7) is 8.79. The van der Waals surface area contributed by atoms with Crippen LogP contribution in [0.25, 0.3) is 0 Å². The molecule has 1 saturated heterocycles. The summed E-state index contributed by atoms with van der Waals surface area (Å²) in [5.41, 5.74) is 3.79. The van der Waals surface area contributed by atoms with E-state index in [4.69, 9.17) is 18.9 Å². The van der Waals surface area contributed by atoms with Crippen LogP contribution in [-0.2, 0) is 25.6 Å². The third-order valence-electron chi connectivity index (χ3n) is 10.9. The van der Waals surface area contributed by atoms with Crippen molar-refractivity contribution in [2.75, 3.05) is 56.4 Å². The molecule has 11 heteroatoms. The van der Waals surface area contributed by atoms with Crippen molar-refractivity contribution in [1.29, 1.82) is 0 Å². The monoisotopic (exact) mass is 753 g/mol. The number of aliphatic hydroxyl groups is 1. The smallest absolute Gasteiger partial charge is 0.302 e. The van der Waals surface area contributed by atoms with Gasteiger partial charge in [-0.15, -0.1) is 6.58 Å². The highest BCUT2D eigenvalue weighted by molar-refractivity contribution is 5.99. The topological polar surface area (TPSA) is 118 Å². The Hall–Kier alpha value is -4.87. The maximum Gasteiger partial charge on any atom is 0.302 e. The number of anilines is 2. The van der Waals surface area contributed by atoms with Crippen LogP contribution >= 0.6 is 0 Å². The van der Waals surface area contributed by atoms with Crippen LogP contribution in [0.2, 0.25) is 0 Å². The van der Waals surface area contributed by atoms with E-state index >= 15 is 4.79 Å². The Balaban J connectivity index is 1.49. The zero-order valence-corrected chi connectivity index (χ0v) is 32.2. The number of carbonyl (C=O) groups is 3. The fourth-order valence-electron chi connectivity index (χ4n) is 8.24. The third kappa shape index (κ3) is 9.69. The Morgan fingerprint density at radius 1 is 0.982 bits per heavy atom. The summed E-state index contributed by atoms with van der Waals surface area (Å²) in [7, 11) is 1.58. The second-order valence-corrected chi connectivity index (χ2v) is 14.7. The molecule has 3 aliphatic rings. The predicted octanol–water partition coefficient (Wildman–Crippen LogP) is 6.87. The van der Waals surface area contributed by atoms with Crippen LogP contribution in [0.15, 0.2) is 79.4 Å². The number of amides is 2. The molecule has 6 rings (SSSR count). The summed E-state index contributed by atoms with van der Waals surface area (Å²) in [6.07, 6.45) is 7.29.